The molecule has 0 radical (unpaired) electrons. The van der Waals surface area contributed by atoms with Gasteiger partial charge in [0.25, 0.3) is 5.91 Å². The number of phenolic OH excluding ortho intramolecular Hbond substituents is 1. The fourth-order valence-corrected chi connectivity index (χ4v) is 3.90. The molecule has 0 unspecified atom stereocenters. The highest BCUT2D eigenvalue weighted by Crippen LogP contribution is 2.27. The van der Waals surface area contributed by atoms with Crippen LogP contribution in [0.5, 0.6) is 5.75 Å². The predicted molar refractivity (Wildman–Crippen MR) is 134 cm³/mol. The maximum Gasteiger partial charge on any atom is 0.336 e. The molecule has 0 aliphatic heterocycles. The third-order valence-electron chi connectivity index (χ3n) is 5.76. The lowest BCUT2D eigenvalue weighted by Gasteiger charge is -2.17. The van der Waals surface area contributed by atoms with E-state index in [1.165, 1.54) is 19.2 Å². The number of benzene rings is 3. The standard InChI is InChI=1S/C28H21N3O6/c1-37-28(36)25(12-16-5-8-20(32)9-6-16)31-26(33)24-14-22(27(34)35)21-13-19(7-10-23(21)30-24)18-4-2-3-17(11-18)15-29/h2-11,13-14,25,32H,12H2,1H3,(H,31,33)(H,34,35)/t25-/m0/s1. The minimum absolute atomic E-state index is 0.0601. The van der Waals surface area contributed by atoms with Gasteiger partial charge in [0.15, 0.2) is 0 Å². The quantitative estimate of drug-likeness (QED) is 0.329. The number of amides is 1. The number of carbonyl (C=O) groups is 3. The Morgan fingerprint density at radius 2 is 1.76 bits per heavy atom. The zero-order chi connectivity index (χ0) is 26.5. The van der Waals surface area contributed by atoms with Gasteiger partial charge in [0.1, 0.15) is 17.5 Å². The molecule has 4 rings (SSSR count). The molecule has 4 aromatic rings. The number of methoxy groups -OCH3 is 1. The van der Waals surface area contributed by atoms with Crippen molar-refractivity contribution in [2.45, 2.75) is 12.5 Å². The summed E-state index contributed by atoms with van der Waals surface area (Å²) >= 11 is 0. The number of carbonyl (C=O) groups excluding carboxylic acids is 2. The molecule has 1 aromatic heterocycles. The number of fused-ring (bicyclic) bond motifs is 1. The summed E-state index contributed by atoms with van der Waals surface area (Å²) in [6, 6.07) is 20.2. The van der Waals surface area contributed by atoms with E-state index in [9.17, 15) is 29.9 Å². The number of nitriles is 1. The Bertz CT molecular complexity index is 1560. The van der Waals surface area contributed by atoms with Crippen molar-refractivity contribution in [1.82, 2.24) is 10.3 Å². The monoisotopic (exact) mass is 495 g/mol. The van der Waals surface area contributed by atoms with Crippen LogP contribution in [-0.2, 0) is 16.0 Å². The second kappa shape index (κ2) is 10.6. The van der Waals surface area contributed by atoms with Crippen molar-refractivity contribution in [3.8, 4) is 22.9 Å². The smallest absolute Gasteiger partial charge is 0.336 e. The van der Waals surface area contributed by atoms with Crippen LogP contribution in [0.2, 0.25) is 0 Å². The number of aromatic hydroxyl groups is 1. The van der Waals surface area contributed by atoms with E-state index < -0.39 is 23.9 Å². The molecule has 37 heavy (non-hydrogen) atoms. The van der Waals surface area contributed by atoms with E-state index in [1.54, 1.807) is 54.6 Å². The number of carboxylic acids is 1. The molecule has 3 aromatic carbocycles. The zero-order valence-corrected chi connectivity index (χ0v) is 19.6. The Balaban J connectivity index is 1.68. The average molecular weight is 495 g/mol. The summed E-state index contributed by atoms with van der Waals surface area (Å²) in [6.07, 6.45) is 0.0865. The normalized spacial score (nSPS) is 11.4. The van der Waals surface area contributed by atoms with Crippen molar-refractivity contribution >= 4 is 28.7 Å². The van der Waals surface area contributed by atoms with Crippen molar-refractivity contribution in [2.24, 2.45) is 0 Å². The molecule has 9 heteroatoms. The first-order valence-electron chi connectivity index (χ1n) is 11.1. The fraction of sp³-hybridized carbons (Fsp3) is 0.107. The minimum atomic E-state index is -1.25. The zero-order valence-electron chi connectivity index (χ0n) is 19.6. The summed E-state index contributed by atoms with van der Waals surface area (Å²) < 4.78 is 4.81. The van der Waals surface area contributed by atoms with Crippen LogP contribution in [0.3, 0.4) is 0 Å². The number of aromatic carboxylic acids is 1. The van der Waals surface area contributed by atoms with E-state index in [1.807, 2.05) is 0 Å². The van der Waals surface area contributed by atoms with Gasteiger partial charge in [-0.1, -0.05) is 30.3 Å². The predicted octanol–water partition coefficient (Wildman–Crippen LogP) is 3.69. The highest BCUT2D eigenvalue weighted by atomic mass is 16.5. The Labute approximate surface area is 211 Å². The minimum Gasteiger partial charge on any atom is -0.508 e. The Morgan fingerprint density at radius 1 is 1.03 bits per heavy atom. The van der Waals surface area contributed by atoms with Crippen molar-refractivity contribution in [2.75, 3.05) is 7.11 Å². The Morgan fingerprint density at radius 3 is 2.43 bits per heavy atom. The second-order valence-electron chi connectivity index (χ2n) is 8.20. The van der Waals surface area contributed by atoms with Crippen molar-refractivity contribution in [3.63, 3.8) is 0 Å². The van der Waals surface area contributed by atoms with Crippen molar-refractivity contribution in [3.05, 3.63) is 95.2 Å². The van der Waals surface area contributed by atoms with Crippen LogP contribution < -0.4 is 5.32 Å². The van der Waals surface area contributed by atoms with E-state index in [0.717, 1.165) is 11.6 Å². The third kappa shape index (κ3) is 5.55. The van der Waals surface area contributed by atoms with Gasteiger partial charge >= 0.3 is 11.9 Å². The maximum absolute atomic E-state index is 13.1. The molecule has 0 spiro atoms. The molecular weight excluding hydrogens is 474 g/mol. The molecule has 0 bridgehead atoms. The van der Waals surface area contributed by atoms with E-state index in [-0.39, 0.29) is 28.9 Å². The number of esters is 1. The molecule has 0 saturated heterocycles. The Hall–Kier alpha value is -5.23. The van der Waals surface area contributed by atoms with Crippen molar-refractivity contribution < 1.29 is 29.3 Å². The van der Waals surface area contributed by atoms with Gasteiger partial charge in [-0.2, -0.15) is 5.26 Å². The highest BCUT2D eigenvalue weighted by molar-refractivity contribution is 6.07. The summed E-state index contributed by atoms with van der Waals surface area (Å²) in [5.41, 5.74) is 2.51. The number of phenols is 1. The molecule has 1 amide bonds. The molecule has 184 valence electrons. The van der Waals surface area contributed by atoms with E-state index >= 15 is 0 Å². The molecule has 3 N–H and O–H groups in total. The summed E-state index contributed by atoms with van der Waals surface area (Å²) in [5.74, 6) is -2.63. The van der Waals surface area contributed by atoms with Gasteiger partial charge < -0.3 is 20.3 Å². The summed E-state index contributed by atoms with van der Waals surface area (Å²) in [4.78, 5) is 41.8. The number of nitrogens with zero attached hydrogens (tertiary/aromatic N) is 2. The highest BCUT2D eigenvalue weighted by Gasteiger charge is 2.25. The SMILES string of the molecule is COC(=O)[C@H](Cc1ccc(O)cc1)NC(=O)c1cc(C(=O)O)c2cc(-c3cccc(C#N)c3)ccc2n1. The number of nitrogens with one attached hydrogen (secondary N) is 1. The third-order valence-corrected chi connectivity index (χ3v) is 5.76. The molecule has 0 fully saturated rings. The molecule has 1 heterocycles. The van der Waals surface area contributed by atoms with Crippen LogP contribution >= 0.6 is 0 Å². The van der Waals surface area contributed by atoms with Crippen LogP contribution in [-0.4, -0.2) is 46.2 Å². The van der Waals surface area contributed by atoms with E-state index in [4.69, 9.17) is 4.74 Å². The first-order chi connectivity index (χ1) is 17.8. The molecule has 1 atom stereocenters. The number of hydrogen-bond donors (Lipinski definition) is 3. The fourth-order valence-electron chi connectivity index (χ4n) is 3.90. The van der Waals surface area contributed by atoms with Crippen molar-refractivity contribution in [1.29, 1.82) is 5.26 Å². The molecule has 0 aliphatic rings. The van der Waals surface area contributed by atoms with Gasteiger partial charge in [0, 0.05) is 11.8 Å². The van der Waals surface area contributed by atoms with Crippen LogP contribution in [0.25, 0.3) is 22.0 Å². The largest absolute Gasteiger partial charge is 0.508 e. The molecule has 9 nitrogen and oxygen atoms in total. The average Bonchev–Trinajstić information content (AvgIpc) is 2.92. The topological polar surface area (TPSA) is 150 Å². The van der Waals surface area contributed by atoms with Crippen LogP contribution in [0, 0.1) is 11.3 Å². The molecule has 0 aliphatic carbocycles. The molecule has 0 saturated carbocycles. The molecular formula is C28H21N3O6. The summed E-state index contributed by atoms with van der Waals surface area (Å²) in [6.45, 7) is 0. The number of ether oxygens (including phenoxy) is 1. The summed E-state index contributed by atoms with van der Waals surface area (Å²) in [7, 11) is 1.19. The summed E-state index contributed by atoms with van der Waals surface area (Å²) in [5, 5.41) is 31.4. The van der Waals surface area contributed by atoms with Gasteiger partial charge in [-0.25, -0.2) is 14.6 Å². The Kier molecular flexibility index (Phi) is 7.11. The van der Waals surface area contributed by atoms with Gasteiger partial charge in [-0.15, -0.1) is 0 Å². The van der Waals surface area contributed by atoms with Gasteiger partial charge in [-0.05, 0) is 59.2 Å². The number of aromatic nitrogens is 1. The number of carboxylic acid groups (broad SMARTS) is 1. The van der Waals surface area contributed by atoms with Crippen LogP contribution in [0.15, 0.2) is 72.8 Å². The van der Waals surface area contributed by atoms with Gasteiger partial charge in [-0.3, -0.25) is 4.79 Å². The lowest BCUT2D eigenvalue weighted by Crippen LogP contribution is -2.43. The maximum atomic E-state index is 13.1. The van der Waals surface area contributed by atoms with Gasteiger partial charge in [0.05, 0.1) is 29.8 Å². The second-order valence-corrected chi connectivity index (χ2v) is 8.20. The van der Waals surface area contributed by atoms with E-state index in [0.29, 0.717) is 22.1 Å². The first kappa shape index (κ1) is 24.9. The lowest BCUT2D eigenvalue weighted by molar-refractivity contribution is -0.142. The lowest BCUT2D eigenvalue weighted by atomic mass is 9.99. The van der Waals surface area contributed by atoms with Crippen LogP contribution in [0.4, 0.5) is 0 Å². The number of hydrogen-bond acceptors (Lipinski definition) is 7. The number of pyridine rings is 1. The van der Waals surface area contributed by atoms with E-state index in [2.05, 4.69) is 16.4 Å². The number of rotatable bonds is 7. The first-order valence-corrected chi connectivity index (χ1v) is 11.1. The van der Waals surface area contributed by atoms with Crippen LogP contribution in [0.1, 0.15) is 32.0 Å². The van der Waals surface area contributed by atoms with Gasteiger partial charge in [0.2, 0.25) is 0 Å².